The van der Waals surface area contributed by atoms with Gasteiger partial charge in [0.2, 0.25) is 0 Å². The lowest BCUT2D eigenvalue weighted by Gasteiger charge is -2.48. The summed E-state index contributed by atoms with van der Waals surface area (Å²) in [7, 11) is 2.12. The lowest BCUT2D eigenvalue weighted by molar-refractivity contribution is 0.0446. The average Bonchev–Trinajstić information content (AvgIpc) is 2.52. The fourth-order valence-electron chi connectivity index (χ4n) is 3.90. The number of hydrogen-bond donors (Lipinski definition) is 1. The topological polar surface area (TPSA) is 15.3 Å². The summed E-state index contributed by atoms with van der Waals surface area (Å²) in [6.07, 6.45) is 5.26. The lowest BCUT2D eigenvalue weighted by Crippen LogP contribution is -2.55. The van der Waals surface area contributed by atoms with Crippen LogP contribution in [0.5, 0.6) is 0 Å². The Labute approximate surface area is 130 Å². The molecule has 2 unspecified atom stereocenters. The molecular weight excluding hydrogens is 256 g/mol. The molecule has 0 aromatic heterocycles. The molecule has 0 aliphatic carbocycles. The number of likely N-dealkylation sites (N-methyl/N-ethyl adjacent to an activating group) is 1. The van der Waals surface area contributed by atoms with Crippen molar-refractivity contribution in [3.05, 3.63) is 34.9 Å². The fourth-order valence-corrected chi connectivity index (χ4v) is 3.90. The zero-order valence-corrected chi connectivity index (χ0v) is 14.5. The van der Waals surface area contributed by atoms with Crippen LogP contribution in [0.25, 0.3) is 0 Å². The van der Waals surface area contributed by atoms with Crippen molar-refractivity contribution in [3.8, 4) is 0 Å². The molecule has 1 aromatic carbocycles. The maximum absolute atomic E-state index is 3.63. The third-order valence-corrected chi connectivity index (χ3v) is 5.66. The molecule has 2 nitrogen and oxygen atoms in total. The molecular formula is C19H32N2. The van der Waals surface area contributed by atoms with Gasteiger partial charge in [-0.25, -0.2) is 0 Å². The van der Waals surface area contributed by atoms with E-state index in [1.807, 2.05) is 0 Å². The van der Waals surface area contributed by atoms with Gasteiger partial charge in [0.05, 0.1) is 6.04 Å². The average molecular weight is 288 g/mol. The smallest absolute Gasteiger partial charge is 0.0504 e. The molecule has 2 atom stereocenters. The van der Waals surface area contributed by atoms with Crippen molar-refractivity contribution in [2.75, 3.05) is 20.1 Å². The van der Waals surface area contributed by atoms with E-state index in [2.05, 4.69) is 63.2 Å². The van der Waals surface area contributed by atoms with Gasteiger partial charge in [-0.15, -0.1) is 0 Å². The van der Waals surface area contributed by atoms with Gasteiger partial charge in [-0.2, -0.15) is 0 Å². The largest absolute Gasteiger partial charge is 0.311 e. The van der Waals surface area contributed by atoms with E-state index in [1.54, 1.807) is 0 Å². The Hall–Kier alpha value is -0.860. The fraction of sp³-hybridized carbons (Fsp3) is 0.684. The van der Waals surface area contributed by atoms with Gasteiger partial charge in [-0.05, 0) is 76.9 Å². The first-order valence-electron chi connectivity index (χ1n) is 8.53. The predicted molar refractivity (Wildman–Crippen MR) is 91.8 cm³/mol. The van der Waals surface area contributed by atoms with Gasteiger partial charge in [0.25, 0.3) is 0 Å². The first kappa shape index (κ1) is 16.5. The molecule has 1 aliphatic heterocycles. The Balaban J connectivity index is 2.38. The highest BCUT2D eigenvalue weighted by Crippen LogP contribution is 2.37. The molecule has 1 fully saturated rings. The van der Waals surface area contributed by atoms with Crippen LogP contribution in [0.4, 0.5) is 0 Å². The molecule has 1 saturated heterocycles. The van der Waals surface area contributed by atoms with Gasteiger partial charge < -0.3 is 5.32 Å². The van der Waals surface area contributed by atoms with Crippen LogP contribution in [0, 0.1) is 13.8 Å². The summed E-state index contributed by atoms with van der Waals surface area (Å²) in [5.74, 6) is 0. The van der Waals surface area contributed by atoms with E-state index in [0.717, 1.165) is 0 Å². The minimum absolute atomic E-state index is 0.188. The number of nitrogens with zero attached hydrogens (tertiary/aromatic N) is 1. The van der Waals surface area contributed by atoms with Crippen molar-refractivity contribution in [2.45, 2.75) is 65.0 Å². The molecule has 0 amide bonds. The van der Waals surface area contributed by atoms with Gasteiger partial charge in [-0.1, -0.05) is 31.5 Å². The molecule has 1 aromatic rings. The number of likely N-dealkylation sites (tertiary alicyclic amines) is 1. The van der Waals surface area contributed by atoms with Crippen LogP contribution in [-0.4, -0.2) is 30.6 Å². The molecule has 0 saturated carbocycles. The molecule has 2 rings (SSSR count). The highest BCUT2D eigenvalue weighted by Gasteiger charge is 2.39. The molecule has 1 N–H and O–H groups in total. The summed E-state index contributed by atoms with van der Waals surface area (Å²) in [6.45, 7) is 11.8. The zero-order chi connectivity index (χ0) is 15.5. The third-order valence-electron chi connectivity index (χ3n) is 5.66. The maximum atomic E-state index is 3.63. The van der Waals surface area contributed by atoms with E-state index in [9.17, 15) is 0 Å². The van der Waals surface area contributed by atoms with E-state index in [1.165, 1.54) is 55.5 Å². The normalized spacial score (nSPS) is 21.0. The number of piperidine rings is 1. The molecule has 0 spiro atoms. The van der Waals surface area contributed by atoms with Crippen LogP contribution in [0.2, 0.25) is 0 Å². The molecule has 0 bridgehead atoms. The second-order valence-corrected chi connectivity index (χ2v) is 6.77. The first-order valence-corrected chi connectivity index (χ1v) is 8.53. The minimum Gasteiger partial charge on any atom is -0.311 e. The van der Waals surface area contributed by atoms with Crippen LogP contribution in [0.1, 0.15) is 62.3 Å². The number of nitrogens with one attached hydrogen (secondary N) is 1. The van der Waals surface area contributed by atoms with Gasteiger partial charge in [0.1, 0.15) is 0 Å². The zero-order valence-electron chi connectivity index (χ0n) is 14.5. The highest BCUT2D eigenvalue weighted by molar-refractivity contribution is 5.37. The third kappa shape index (κ3) is 3.17. The van der Waals surface area contributed by atoms with Gasteiger partial charge in [0.15, 0.2) is 0 Å². The van der Waals surface area contributed by atoms with Crippen molar-refractivity contribution in [1.82, 2.24) is 10.2 Å². The molecule has 21 heavy (non-hydrogen) atoms. The van der Waals surface area contributed by atoms with Gasteiger partial charge >= 0.3 is 0 Å². The second-order valence-electron chi connectivity index (χ2n) is 6.77. The first-order chi connectivity index (χ1) is 10.0. The number of aryl methyl sites for hydroxylation is 1. The van der Waals surface area contributed by atoms with Crippen molar-refractivity contribution in [1.29, 1.82) is 0 Å². The van der Waals surface area contributed by atoms with E-state index < -0.39 is 0 Å². The summed E-state index contributed by atoms with van der Waals surface area (Å²) in [5, 5.41) is 3.63. The maximum Gasteiger partial charge on any atom is 0.0504 e. The lowest BCUT2D eigenvalue weighted by atomic mass is 9.80. The Morgan fingerprint density at radius 2 is 1.86 bits per heavy atom. The Morgan fingerprint density at radius 1 is 1.19 bits per heavy atom. The molecule has 1 heterocycles. The van der Waals surface area contributed by atoms with Gasteiger partial charge in [-0.3, -0.25) is 4.90 Å². The van der Waals surface area contributed by atoms with Crippen molar-refractivity contribution < 1.29 is 0 Å². The monoisotopic (exact) mass is 288 g/mol. The number of hydrogen-bond acceptors (Lipinski definition) is 2. The minimum atomic E-state index is 0.188. The van der Waals surface area contributed by atoms with Crippen molar-refractivity contribution >= 4 is 0 Å². The molecule has 0 radical (unpaired) electrons. The quantitative estimate of drug-likeness (QED) is 0.872. The van der Waals surface area contributed by atoms with Crippen LogP contribution in [0.3, 0.4) is 0 Å². The Bertz CT molecular complexity index is 463. The van der Waals surface area contributed by atoms with E-state index in [4.69, 9.17) is 0 Å². The summed E-state index contributed by atoms with van der Waals surface area (Å²) in [4.78, 5) is 2.72. The molecule has 1 aliphatic rings. The van der Waals surface area contributed by atoms with Gasteiger partial charge in [0, 0.05) is 5.54 Å². The highest BCUT2D eigenvalue weighted by atomic mass is 15.2. The second kappa shape index (κ2) is 6.93. The summed E-state index contributed by atoms with van der Waals surface area (Å²) < 4.78 is 0. The van der Waals surface area contributed by atoms with Crippen LogP contribution < -0.4 is 5.32 Å². The van der Waals surface area contributed by atoms with E-state index in [-0.39, 0.29) is 5.54 Å². The Kier molecular flexibility index (Phi) is 5.45. The summed E-state index contributed by atoms with van der Waals surface area (Å²) in [5.41, 5.74) is 4.49. The standard InChI is InChI=1S/C19H32N2/c1-6-19(4,21-13-8-7-9-14-21)18(20-5)17-12-10-11-15(2)16(17)3/h10-12,18,20H,6-9,13-14H2,1-5H3. The molecule has 118 valence electrons. The van der Waals surface area contributed by atoms with Crippen molar-refractivity contribution in [2.24, 2.45) is 0 Å². The van der Waals surface area contributed by atoms with Crippen LogP contribution >= 0.6 is 0 Å². The van der Waals surface area contributed by atoms with Crippen LogP contribution in [-0.2, 0) is 0 Å². The van der Waals surface area contributed by atoms with Crippen molar-refractivity contribution in [3.63, 3.8) is 0 Å². The Morgan fingerprint density at radius 3 is 2.43 bits per heavy atom. The number of benzene rings is 1. The van der Waals surface area contributed by atoms with E-state index >= 15 is 0 Å². The SMILES string of the molecule is CCC(C)(C(NC)c1cccc(C)c1C)N1CCCCC1. The summed E-state index contributed by atoms with van der Waals surface area (Å²) >= 11 is 0. The predicted octanol–water partition coefficient (Wildman–Crippen LogP) is 4.22. The summed E-state index contributed by atoms with van der Waals surface area (Å²) in [6, 6.07) is 7.12. The number of rotatable bonds is 5. The van der Waals surface area contributed by atoms with E-state index in [0.29, 0.717) is 6.04 Å². The molecule has 2 heteroatoms. The van der Waals surface area contributed by atoms with Crippen LogP contribution in [0.15, 0.2) is 18.2 Å².